The number of carbonyl (C=O) groups is 1. The maximum atomic E-state index is 14.1. The molecular weight excluding hydrogens is 341 g/mol. The molecule has 2 saturated heterocycles. The fourth-order valence-electron chi connectivity index (χ4n) is 5.15. The Bertz CT molecular complexity index is 724. The summed E-state index contributed by atoms with van der Waals surface area (Å²) in [6, 6.07) is 6.67. The maximum Gasteiger partial charge on any atom is 0.222 e. The van der Waals surface area contributed by atoms with Crippen molar-refractivity contribution in [3.8, 4) is 6.07 Å². The number of carbonyl (C=O) groups excluding carboxylic acids is 1. The van der Waals surface area contributed by atoms with Crippen molar-refractivity contribution in [1.29, 1.82) is 5.26 Å². The molecule has 0 aromatic heterocycles. The number of nitrogens with zero attached hydrogens (tertiary/aromatic N) is 3. The molecule has 1 aliphatic carbocycles. The summed E-state index contributed by atoms with van der Waals surface area (Å²) in [7, 11) is 0. The smallest absolute Gasteiger partial charge is 0.222 e. The van der Waals surface area contributed by atoms with Gasteiger partial charge in [-0.05, 0) is 68.7 Å². The van der Waals surface area contributed by atoms with Gasteiger partial charge >= 0.3 is 0 Å². The lowest BCUT2D eigenvalue weighted by Gasteiger charge is -2.32. The highest BCUT2D eigenvalue weighted by atomic mass is 19.1. The first-order chi connectivity index (χ1) is 13.1. The van der Waals surface area contributed by atoms with Crippen LogP contribution < -0.4 is 0 Å². The molecule has 1 aromatic rings. The van der Waals surface area contributed by atoms with Crippen LogP contribution in [0.4, 0.5) is 4.39 Å². The van der Waals surface area contributed by atoms with E-state index in [0.29, 0.717) is 35.9 Å². The van der Waals surface area contributed by atoms with Crippen LogP contribution in [0.15, 0.2) is 18.2 Å². The monoisotopic (exact) mass is 369 g/mol. The number of benzene rings is 1. The van der Waals surface area contributed by atoms with Gasteiger partial charge in [0.2, 0.25) is 5.91 Å². The molecule has 144 valence electrons. The highest BCUT2D eigenvalue weighted by molar-refractivity contribution is 5.76. The summed E-state index contributed by atoms with van der Waals surface area (Å²) in [5, 5.41) is 8.84. The molecule has 3 aliphatic rings. The predicted molar refractivity (Wildman–Crippen MR) is 101 cm³/mol. The highest BCUT2D eigenvalue weighted by Crippen LogP contribution is 2.38. The lowest BCUT2D eigenvalue weighted by molar-refractivity contribution is -0.131. The number of fused-ring (bicyclic) bond motifs is 1. The molecule has 1 saturated carbocycles. The van der Waals surface area contributed by atoms with E-state index in [0.717, 1.165) is 50.9 Å². The molecule has 2 unspecified atom stereocenters. The second kappa shape index (κ2) is 7.98. The molecule has 2 heterocycles. The molecule has 5 heteroatoms. The molecule has 4 rings (SSSR count). The van der Waals surface area contributed by atoms with Gasteiger partial charge in [0.05, 0.1) is 11.6 Å². The quantitative estimate of drug-likeness (QED) is 0.815. The Morgan fingerprint density at radius 3 is 2.48 bits per heavy atom. The van der Waals surface area contributed by atoms with E-state index in [-0.39, 0.29) is 5.82 Å². The zero-order chi connectivity index (χ0) is 18.8. The van der Waals surface area contributed by atoms with Gasteiger partial charge in [0.25, 0.3) is 0 Å². The number of likely N-dealkylation sites (tertiary alicyclic amines) is 2. The predicted octanol–water partition coefficient (Wildman–Crippen LogP) is 3.56. The molecule has 0 N–H and O–H groups in total. The van der Waals surface area contributed by atoms with Crippen LogP contribution in [-0.2, 0) is 11.3 Å². The van der Waals surface area contributed by atoms with Crippen LogP contribution in [0.3, 0.4) is 0 Å². The number of hydrogen-bond donors (Lipinski definition) is 0. The minimum Gasteiger partial charge on any atom is -0.342 e. The first-order valence-electron chi connectivity index (χ1n) is 10.3. The van der Waals surface area contributed by atoms with Crippen molar-refractivity contribution in [2.24, 2.45) is 17.8 Å². The van der Waals surface area contributed by atoms with Gasteiger partial charge < -0.3 is 4.90 Å². The minimum atomic E-state index is -0.300. The minimum absolute atomic E-state index is 0.300. The lowest BCUT2D eigenvalue weighted by atomic mass is 9.92. The summed E-state index contributed by atoms with van der Waals surface area (Å²) >= 11 is 0. The summed E-state index contributed by atoms with van der Waals surface area (Å²) in [6.07, 6.45) is 6.64. The fourth-order valence-corrected chi connectivity index (χ4v) is 5.15. The third-order valence-electron chi connectivity index (χ3n) is 6.83. The van der Waals surface area contributed by atoms with Crippen LogP contribution in [0.2, 0.25) is 0 Å². The highest BCUT2D eigenvalue weighted by Gasteiger charge is 2.38. The number of nitriles is 1. The van der Waals surface area contributed by atoms with Crippen LogP contribution in [0.25, 0.3) is 0 Å². The molecule has 0 radical (unpaired) electrons. The van der Waals surface area contributed by atoms with E-state index in [1.165, 1.54) is 25.3 Å². The van der Waals surface area contributed by atoms with E-state index < -0.39 is 0 Å². The van der Waals surface area contributed by atoms with Crippen molar-refractivity contribution < 1.29 is 9.18 Å². The normalized spacial score (nSPS) is 26.1. The Kier molecular flexibility index (Phi) is 5.45. The largest absolute Gasteiger partial charge is 0.342 e. The molecule has 0 spiro atoms. The summed E-state index contributed by atoms with van der Waals surface area (Å²) in [5.41, 5.74) is 1.01. The second-order valence-corrected chi connectivity index (χ2v) is 8.59. The van der Waals surface area contributed by atoms with Crippen molar-refractivity contribution in [3.63, 3.8) is 0 Å². The topological polar surface area (TPSA) is 47.3 Å². The van der Waals surface area contributed by atoms with E-state index >= 15 is 0 Å². The average Bonchev–Trinajstić information content (AvgIpc) is 3.27. The van der Waals surface area contributed by atoms with Crippen molar-refractivity contribution in [2.45, 2.75) is 45.1 Å². The fraction of sp³-hybridized carbons (Fsp3) is 0.636. The van der Waals surface area contributed by atoms with Crippen molar-refractivity contribution >= 4 is 5.91 Å². The molecule has 1 aromatic carbocycles. The Balaban J connectivity index is 1.23. The van der Waals surface area contributed by atoms with Gasteiger partial charge in [-0.2, -0.15) is 5.26 Å². The van der Waals surface area contributed by atoms with Gasteiger partial charge in [-0.15, -0.1) is 0 Å². The van der Waals surface area contributed by atoms with Gasteiger partial charge in [0.15, 0.2) is 0 Å². The Labute approximate surface area is 160 Å². The molecular formula is C22H28FN3O. The zero-order valence-corrected chi connectivity index (χ0v) is 15.9. The number of amides is 1. The Hall–Kier alpha value is -1.93. The second-order valence-electron chi connectivity index (χ2n) is 8.59. The molecule has 3 fully saturated rings. The summed E-state index contributed by atoms with van der Waals surface area (Å²) in [6.45, 7) is 4.36. The van der Waals surface area contributed by atoms with Crippen molar-refractivity contribution in [1.82, 2.24) is 9.80 Å². The number of halogens is 1. The molecule has 2 atom stereocenters. The van der Waals surface area contributed by atoms with Gasteiger partial charge in [-0.25, -0.2) is 4.39 Å². The molecule has 1 amide bonds. The van der Waals surface area contributed by atoms with E-state index in [2.05, 4.69) is 9.80 Å². The van der Waals surface area contributed by atoms with Crippen LogP contribution in [0, 0.1) is 34.9 Å². The van der Waals surface area contributed by atoms with Crippen molar-refractivity contribution in [3.05, 3.63) is 35.1 Å². The number of rotatable bonds is 4. The van der Waals surface area contributed by atoms with E-state index in [9.17, 15) is 9.18 Å². The van der Waals surface area contributed by atoms with Crippen LogP contribution >= 0.6 is 0 Å². The van der Waals surface area contributed by atoms with E-state index in [1.54, 1.807) is 12.1 Å². The standard InChI is InChI=1S/C22H28FN3O/c23-21-10-17(12-24)4-5-20(21)13-25-8-6-16(7-9-25)11-22(27)26-14-18-2-1-3-19(18)15-26/h4-5,10,16,18-19H,1-3,6-9,11,13-15H2. The van der Waals surface area contributed by atoms with Crippen LogP contribution in [-0.4, -0.2) is 41.9 Å². The third kappa shape index (κ3) is 4.16. The summed E-state index contributed by atoms with van der Waals surface area (Å²) in [5.74, 6) is 2.03. The van der Waals surface area contributed by atoms with E-state index in [4.69, 9.17) is 5.26 Å². The van der Waals surface area contributed by atoms with E-state index in [1.807, 2.05) is 6.07 Å². The van der Waals surface area contributed by atoms with Crippen LogP contribution in [0.5, 0.6) is 0 Å². The Morgan fingerprint density at radius 1 is 1.15 bits per heavy atom. The SMILES string of the molecule is N#Cc1ccc(CN2CCC(CC(=O)N3CC4CCCC4C3)CC2)c(F)c1. The molecule has 2 aliphatic heterocycles. The molecule has 4 nitrogen and oxygen atoms in total. The maximum absolute atomic E-state index is 14.1. The third-order valence-corrected chi connectivity index (χ3v) is 6.83. The zero-order valence-electron chi connectivity index (χ0n) is 15.9. The Morgan fingerprint density at radius 2 is 1.85 bits per heavy atom. The average molecular weight is 369 g/mol. The van der Waals surface area contributed by atoms with Gasteiger partial charge in [-0.1, -0.05) is 12.5 Å². The first kappa shape index (κ1) is 18.4. The van der Waals surface area contributed by atoms with Crippen molar-refractivity contribution in [2.75, 3.05) is 26.2 Å². The number of hydrogen-bond acceptors (Lipinski definition) is 3. The number of piperidine rings is 1. The van der Waals surface area contributed by atoms with Gasteiger partial charge in [0, 0.05) is 31.6 Å². The molecule has 0 bridgehead atoms. The lowest BCUT2D eigenvalue weighted by Crippen LogP contribution is -2.36. The van der Waals surface area contributed by atoms with Gasteiger partial charge in [-0.3, -0.25) is 9.69 Å². The molecule has 27 heavy (non-hydrogen) atoms. The summed E-state index contributed by atoms with van der Waals surface area (Å²) in [4.78, 5) is 17.0. The van der Waals surface area contributed by atoms with Crippen LogP contribution in [0.1, 0.15) is 49.7 Å². The first-order valence-corrected chi connectivity index (χ1v) is 10.3. The van der Waals surface area contributed by atoms with Gasteiger partial charge in [0.1, 0.15) is 5.82 Å². The summed E-state index contributed by atoms with van der Waals surface area (Å²) < 4.78 is 14.1.